The molecule has 0 saturated carbocycles. The molecule has 0 unspecified atom stereocenters. The number of rotatable bonds is 0. The highest BCUT2D eigenvalue weighted by Crippen LogP contribution is 2.33. The predicted molar refractivity (Wildman–Crippen MR) is 64.0 cm³/mol. The largest absolute Gasteiger partial charge is 0.0843 e. The fraction of sp³-hybridized carbons (Fsp3) is 0. The van der Waals surface area contributed by atoms with Gasteiger partial charge in [0.15, 0.2) is 0 Å². The van der Waals surface area contributed by atoms with Crippen molar-refractivity contribution >= 4 is 57.2 Å². The third kappa shape index (κ3) is 1.80. The quantitative estimate of drug-likeness (QED) is 0.594. The molecule has 2 rings (SSSR count). The molecule has 0 aliphatic heterocycles. The molecule has 14 heavy (non-hydrogen) atoms. The summed E-state index contributed by atoms with van der Waals surface area (Å²) in [6.45, 7) is 0. The van der Waals surface area contributed by atoms with Gasteiger partial charge in [0, 0.05) is 15.4 Å². The Kier molecular flexibility index (Phi) is 2.81. The third-order valence-corrected chi connectivity index (χ3v) is 3.16. The summed E-state index contributed by atoms with van der Waals surface area (Å²) in [6.07, 6.45) is 0. The van der Waals surface area contributed by atoms with Crippen LogP contribution in [-0.4, -0.2) is 0 Å². The van der Waals surface area contributed by atoms with Crippen LogP contribution in [0, 0.1) is 0 Å². The van der Waals surface area contributed by atoms with Crippen LogP contribution in [0.4, 0.5) is 0 Å². The Hall–Kier alpha value is -0.140. The van der Waals surface area contributed by atoms with Gasteiger partial charge >= 0.3 is 0 Å². The lowest BCUT2D eigenvalue weighted by Crippen LogP contribution is -1.77. The lowest BCUT2D eigenvalue weighted by molar-refractivity contribution is 1.74. The van der Waals surface area contributed by atoms with Gasteiger partial charge in [0.05, 0.1) is 10.0 Å². The van der Waals surface area contributed by atoms with Crippen molar-refractivity contribution < 1.29 is 0 Å². The van der Waals surface area contributed by atoms with Crippen LogP contribution in [-0.2, 0) is 0 Å². The molecule has 4 heteroatoms. The summed E-state index contributed by atoms with van der Waals surface area (Å²) in [6, 6.07) is 6.95. The normalized spacial score (nSPS) is 10.9. The highest BCUT2D eigenvalue weighted by molar-refractivity contribution is 6.44. The van der Waals surface area contributed by atoms with Crippen LogP contribution in [0.25, 0.3) is 10.8 Å². The molecule has 0 aliphatic rings. The first kappa shape index (κ1) is 10.4. The average Bonchev–Trinajstić information content (AvgIpc) is 2.08. The molecule has 0 aliphatic carbocycles. The molecule has 0 amide bonds. The van der Waals surface area contributed by atoms with E-state index in [4.69, 9.17) is 46.4 Å². The van der Waals surface area contributed by atoms with E-state index in [-0.39, 0.29) is 0 Å². The highest BCUT2D eigenvalue weighted by Gasteiger charge is 2.05. The summed E-state index contributed by atoms with van der Waals surface area (Å²) < 4.78 is 0. The van der Waals surface area contributed by atoms with E-state index in [1.165, 1.54) is 0 Å². The zero-order valence-electron chi connectivity index (χ0n) is 6.82. The Bertz CT molecular complexity index is 505. The molecule has 2 aromatic carbocycles. The zero-order chi connectivity index (χ0) is 10.3. The second kappa shape index (κ2) is 3.79. The fourth-order valence-electron chi connectivity index (χ4n) is 1.28. The molecular weight excluding hydrogens is 262 g/mol. The molecular formula is C10H4Cl4. The minimum atomic E-state index is 0.489. The predicted octanol–water partition coefficient (Wildman–Crippen LogP) is 5.45. The smallest absolute Gasteiger partial charge is 0.0599 e. The van der Waals surface area contributed by atoms with E-state index in [9.17, 15) is 0 Å². The summed E-state index contributed by atoms with van der Waals surface area (Å²) in [5.41, 5.74) is 0. The zero-order valence-corrected chi connectivity index (χ0v) is 9.84. The number of fused-ring (bicyclic) bond motifs is 1. The molecule has 0 saturated heterocycles. The minimum Gasteiger partial charge on any atom is -0.0843 e. The Morgan fingerprint density at radius 1 is 0.643 bits per heavy atom. The summed E-state index contributed by atoms with van der Waals surface area (Å²) in [7, 11) is 0. The molecule has 0 radical (unpaired) electrons. The van der Waals surface area contributed by atoms with E-state index in [0.29, 0.717) is 20.1 Å². The standard InChI is InChI=1S/C10H4Cl4/c11-6-1-5-2-9(13)10(14)4-7(5)8(12)3-6/h1-4H. The van der Waals surface area contributed by atoms with E-state index >= 15 is 0 Å². The molecule has 0 N–H and O–H groups in total. The van der Waals surface area contributed by atoms with Gasteiger partial charge in [0.2, 0.25) is 0 Å². The van der Waals surface area contributed by atoms with E-state index in [1.807, 2.05) is 0 Å². The number of hydrogen-bond acceptors (Lipinski definition) is 0. The van der Waals surface area contributed by atoms with Crippen molar-refractivity contribution in [1.82, 2.24) is 0 Å². The summed E-state index contributed by atoms with van der Waals surface area (Å²) >= 11 is 23.6. The average molecular weight is 266 g/mol. The van der Waals surface area contributed by atoms with Crippen molar-refractivity contribution in [2.24, 2.45) is 0 Å². The van der Waals surface area contributed by atoms with Gasteiger partial charge in [-0.3, -0.25) is 0 Å². The SMILES string of the molecule is Clc1cc(Cl)c2cc(Cl)c(Cl)cc2c1. The third-order valence-electron chi connectivity index (χ3n) is 1.91. The molecule has 72 valence electrons. The minimum absolute atomic E-state index is 0.489. The molecule has 0 heterocycles. The molecule has 0 fully saturated rings. The summed E-state index contributed by atoms with van der Waals surface area (Å²) in [5.74, 6) is 0. The monoisotopic (exact) mass is 264 g/mol. The Morgan fingerprint density at radius 2 is 1.29 bits per heavy atom. The molecule has 0 nitrogen and oxygen atoms in total. The van der Waals surface area contributed by atoms with Crippen molar-refractivity contribution in [3.05, 3.63) is 44.4 Å². The Balaban J connectivity index is 2.89. The van der Waals surface area contributed by atoms with E-state index in [0.717, 1.165) is 10.8 Å². The van der Waals surface area contributed by atoms with Gasteiger partial charge in [-0.25, -0.2) is 0 Å². The van der Waals surface area contributed by atoms with Crippen LogP contribution in [0.2, 0.25) is 20.1 Å². The van der Waals surface area contributed by atoms with E-state index < -0.39 is 0 Å². The van der Waals surface area contributed by atoms with Crippen molar-refractivity contribution in [2.45, 2.75) is 0 Å². The maximum absolute atomic E-state index is 6.00. The van der Waals surface area contributed by atoms with Gasteiger partial charge in [-0.15, -0.1) is 0 Å². The van der Waals surface area contributed by atoms with Crippen LogP contribution in [0.15, 0.2) is 24.3 Å². The van der Waals surface area contributed by atoms with E-state index in [1.54, 1.807) is 24.3 Å². The molecule has 0 bridgehead atoms. The summed E-state index contributed by atoms with van der Waals surface area (Å²) in [4.78, 5) is 0. The van der Waals surface area contributed by atoms with Gasteiger partial charge in [-0.1, -0.05) is 46.4 Å². The highest BCUT2D eigenvalue weighted by atomic mass is 35.5. The lowest BCUT2D eigenvalue weighted by Gasteiger charge is -2.03. The number of hydrogen-bond donors (Lipinski definition) is 0. The van der Waals surface area contributed by atoms with Crippen molar-refractivity contribution in [2.75, 3.05) is 0 Å². The second-order valence-electron chi connectivity index (χ2n) is 2.88. The molecule has 0 spiro atoms. The number of benzene rings is 2. The summed E-state index contributed by atoms with van der Waals surface area (Å²) in [5, 5.41) is 3.88. The van der Waals surface area contributed by atoms with E-state index in [2.05, 4.69) is 0 Å². The topological polar surface area (TPSA) is 0 Å². The van der Waals surface area contributed by atoms with Crippen molar-refractivity contribution in [3.63, 3.8) is 0 Å². The van der Waals surface area contributed by atoms with Gasteiger partial charge in [-0.05, 0) is 29.7 Å². The first-order valence-electron chi connectivity index (χ1n) is 3.82. The Labute approximate surface area is 101 Å². The van der Waals surface area contributed by atoms with Gasteiger partial charge < -0.3 is 0 Å². The van der Waals surface area contributed by atoms with Crippen LogP contribution in [0.3, 0.4) is 0 Å². The molecule has 0 aromatic heterocycles. The molecule has 0 atom stereocenters. The first-order chi connectivity index (χ1) is 6.58. The second-order valence-corrected chi connectivity index (χ2v) is 4.53. The Morgan fingerprint density at radius 3 is 2.00 bits per heavy atom. The fourth-order valence-corrected chi connectivity index (χ4v) is 2.18. The lowest BCUT2D eigenvalue weighted by atomic mass is 10.1. The van der Waals surface area contributed by atoms with Crippen molar-refractivity contribution in [1.29, 1.82) is 0 Å². The maximum Gasteiger partial charge on any atom is 0.0599 e. The van der Waals surface area contributed by atoms with Gasteiger partial charge in [0.25, 0.3) is 0 Å². The van der Waals surface area contributed by atoms with Crippen LogP contribution in [0.5, 0.6) is 0 Å². The maximum atomic E-state index is 6.00. The first-order valence-corrected chi connectivity index (χ1v) is 5.33. The van der Waals surface area contributed by atoms with Crippen LogP contribution in [0.1, 0.15) is 0 Å². The molecule has 2 aromatic rings. The van der Waals surface area contributed by atoms with Crippen LogP contribution < -0.4 is 0 Å². The van der Waals surface area contributed by atoms with Gasteiger partial charge in [0.1, 0.15) is 0 Å². The number of halogens is 4. The van der Waals surface area contributed by atoms with Crippen molar-refractivity contribution in [3.8, 4) is 0 Å². The van der Waals surface area contributed by atoms with Crippen LogP contribution >= 0.6 is 46.4 Å². The van der Waals surface area contributed by atoms with Gasteiger partial charge in [-0.2, -0.15) is 0 Å².